The number of anilines is 1. The summed E-state index contributed by atoms with van der Waals surface area (Å²) in [6.45, 7) is 0.167. The van der Waals surface area contributed by atoms with Gasteiger partial charge in [0.1, 0.15) is 17.4 Å². The van der Waals surface area contributed by atoms with E-state index in [9.17, 15) is 4.79 Å². The third kappa shape index (κ3) is 3.59. The van der Waals surface area contributed by atoms with Crippen LogP contribution in [0.5, 0.6) is 0 Å². The van der Waals surface area contributed by atoms with Gasteiger partial charge in [0.05, 0.1) is 16.1 Å². The summed E-state index contributed by atoms with van der Waals surface area (Å²) in [5.74, 6) is 5.76. The van der Waals surface area contributed by atoms with E-state index in [2.05, 4.69) is 21.9 Å². The number of pyridine rings is 1. The van der Waals surface area contributed by atoms with Crippen LogP contribution in [0.15, 0.2) is 46.7 Å². The minimum Gasteiger partial charge on any atom is -0.398 e. The summed E-state index contributed by atoms with van der Waals surface area (Å²) in [5, 5.41) is 6.60. The summed E-state index contributed by atoms with van der Waals surface area (Å²) < 4.78 is 1.32. The van der Waals surface area contributed by atoms with E-state index < -0.39 is 0 Å². The number of hydrogen-bond acceptors (Lipinski definition) is 5. The highest BCUT2D eigenvalue weighted by Gasteiger charge is 2.03. The lowest BCUT2D eigenvalue weighted by molar-refractivity contribution is 0.667. The van der Waals surface area contributed by atoms with Crippen LogP contribution in [-0.4, -0.2) is 14.8 Å². The van der Waals surface area contributed by atoms with E-state index in [1.807, 2.05) is 17.5 Å². The Kier molecular flexibility index (Phi) is 4.42. The molecule has 23 heavy (non-hydrogen) atoms. The van der Waals surface area contributed by atoms with Gasteiger partial charge in [0, 0.05) is 12.3 Å². The number of thiophene rings is 1. The van der Waals surface area contributed by atoms with Crippen LogP contribution >= 0.6 is 22.9 Å². The first-order valence-corrected chi connectivity index (χ1v) is 7.91. The summed E-state index contributed by atoms with van der Waals surface area (Å²) in [7, 11) is 0. The summed E-state index contributed by atoms with van der Waals surface area (Å²) in [6, 6.07) is 8.62. The molecule has 0 fully saturated rings. The smallest absolute Gasteiger partial charge is 0.267 e. The summed E-state index contributed by atoms with van der Waals surface area (Å²) in [5.41, 5.74) is 7.36. The van der Waals surface area contributed by atoms with Crippen LogP contribution in [0.4, 0.5) is 5.69 Å². The Balaban J connectivity index is 1.85. The molecule has 0 aliphatic rings. The highest BCUT2D eigenvalue weighted by Crippen LogP contribution is 2.21. The van der Waals surface area contributed by atoms with Crippen LogP contribution in [-0.2, 0) is 6.54 Å². The van der Waals surface area contributed by atoms with Crippen LogP contribution < -0.4 is 11.3 Å². The van der Waals surface area contributed by atoms with Gasteiger partial charge in [0.2, 0.25) is 0 Å². The molecule has 3 heterocycles. The Morgan fingerprint density at radius 1 is 1.35 bits per heavy atom. The van der Waals surface area contributed by atoms with Gasteiger partial charge in [-0.3, -0.25) is 4.79 Å². The Bertz CT molecular complexity index is 954. The highest BCUT2D eigenvalue weighted by molar-refractivity contribution is 7.13. The average Bonchev–Trinajstić information content (AvgIpc) is 3.05. The number of aromatic nitrogens is 3. The third-order valence-electron chi connectivity index (χ3n) is 2.99. The van der Waals surface area contributed by atoms with E-state index in [4.69, 9.17) is 17.3 Å². The van der Waals surface area contributed by atoms with E-state index in [-0.39, 0.29) is 12.1 Å². The monoisotopic (exact) mass is 342 g/mol. The van der Waals surface area contributed by atoms with Gasteiger partial charge in [-0.25, -0.2) is 9.67 Å². The first-order valence-electron chi connectivity index (χ1n) is 6.65. The van der Waals surface area contributed by atoms with Crippen molar-refractivity contribution in [3.63, 3.8) is 0 Å². The van der Waals surface area contributed by atoms with Crippen LogP contribution in [0.2, 0.25) is 5.15 Å². The molecule has 5 nitrogen and oxygen atoms in total. The van der Waals surface area contributed by atoms with Crippen LogP contribution in [0.25, 0.3) is 10.6 Å². The zero-order valence-corrected chi connectivity index (χ0v) is 13.4. The summed E-state index contributed by atoms with van der Waals surface area (Å²) in [4.78, 5) is 16.8. The maximum absolute atomic E-state index is 11.9. The fraction of sp³-hybridized carbons (Fsp3) is 0.0625. The molecular weight excluding hydrogens is 332 g/mol. The van der Waals surface area contributed by atoms with Crippen molar-refractivity contribution in [3.8, 4) is 22.4 Å². The first kappa shape index (κ1) is 15.3. The molecule has 3 aromatic rings. The van der Waals surface area contributed by atoms with Crippen molar-refractivity contribution in [2.24, 2.45) is 0 Å². The molecule has 0 bridgehead atoms. The van der Waals surface area contributed by atoms with Crippen LogP contribution in [0, 0.1) is 11.8 Å². The van der Waals surface area contributed by atoms with Gasteiger partial charge in [0.25, 0.3) is 5.56 Å². The number of hydrogen-bond donors (Lipinski definition) is 1. The van der Waals surface area contributed by atoms with Crippen molar-refractivity contribution in [1.29, 1.82) is 0 Å². The van der Waals surface area contributed by atoms with Crippen LogP contribution in [0.3, 0.4) is 0 Å². The number of halogens is 1. The normalized spacial score (nSPS) is 10.1. The van der Waals surface area contributed by atoms with Crippen molar-refractivity contribution in [2.75, 3.05) is 5.73 Å². The Morgan fingerprint density at radius 2 is 2.22 bits per heavy atom. The molecule has 0 amide bonds. The zero-order chi connectivity index (χ0) is 16.2. The molecule has 0 saturated heterocycles. The molecule has 3 aromatic heterocycles. The number of nitrogens with zero attached hydrogens (tertiary/aromatic N) is 3. The van der Waals surface area contributed by atoms with Crippen molar-refractivity contribution >= 4 is 28.6 Å². The molecule has 0 aromatic carbocycles. The number of rotatable bonds is 2. The average molecular weight is 343 g/mol. The molecule has 0 aliphatic carbocycles. The Morgan fingerprint density at radius 3 is 2.96 bits per heavy atom. The van der Waals surface area contributed by atoms with E-state index >= 15 is 0 Å². The molecule has 0 aliphatic heterocycles. The minimum atomic E-state index is -0.207. The second-order valence-corrected chi connectivity index (χ2v) is 5.92. The van der Waals surface area contributed by atoms with Crippen molar-refractivity contribution < 1.29 is 0 Å². The van der Waals surface area contributed by atoms with Gasteiger partial charge in [-0.05, 0) is 23.6 Å². The SMILES string of the molecule is Nc1cc(Cl)ncc1C#CCn1nc(-c2cccs2)ccc1=O. The molecule has 3 rings (SSSR count). The topological polar surface area (TPSA) is 73.8 Å². The molecular formula is C16H11ClN4OS. The largest absolute Gasteiger partial charge is 0.398 e. The molecule has 0 unspecified atom stereocenters. The maximum atomic E-state index is 11.9. The van der Waals surface area contributed by atoms with E-state index in [0.717, 1.165) is 10.6 Å². The van der Waals surface area contributed by atoms with Gasteiger partial charge in [-0.2, -0.15) is 5.10 Å². The highest BCUT2D eigenvalue weighted by atomic mass is 35.5. The molecule has 0 atom stereocenters. The standard InChI is InChI=1S/C16H11ClN4OS/c17-15-9-12(18)11(10-19-15)3-1-7-21-16(22)6-5-13(20-21)14-4-2-8-23-14/h2,4-6,8-10H,7H2,(H2,18,19). The Hall–Kier alpha value is -2.62. The van der Waals surface area contributed by atoms with E-state index in [1.165, 1.54) is 23.0 Å². The maximum Gasteiger partial charge on any atom is 0.267 e. The molecule has 7 heteroatoms. The van der Waals surface area contributed by atoms with Gasteiger partial charge >= 0.3 is 0 Å². The fourth-order valence-electron chi connectivity index (χ4n) is 1.88. The van der Waals surface area contributed by atoms with Gasteiger partial charge in [-0.1, -0.05) is 29.5 Å². The molecule has 2 N–H and O–H groups in total. The molecule has 0 saturated carbocycles. The summed E-state index contributed by atoms with van der Waals surface area (Å²) >= 11 is 7.30. The Labute approximate surface area is 141 Å². The number of nitrogens with two attached hydrogens (primary N) is 1. The second-order valence-electron chi connectivity index (χ2n) is 4.59. The third-order valence-corrected chi connectivity index (χ3v) is 4.09. The molecule has 0 spiro atoms. The van der Waals surface area contributed by atoms with Crippen molar-refractivity contribution in [1.82, 2.24) is 14.8 Å². The van der Waals surface area contributed by atoms with E-state index in [0.29, 0.717) is 16.4 Å². The van der Waals surface area contributed by atoms with Gasteiger partial charge in [0.15, 0.2) is 0 Å². The zero-order valence-electron chi connectivity index (χ0n) is 11.9. The van der Waals surface area contributed by atoms with Crippen LogP contribution in [0.1, 0.15) is 5.56 Å². The van der Waals surface area contributed by atoms with E-state index in [1.54, 1.807) is 17.4 Å². The number of nitrogen functional groups attached to an aromatic ring is 1. The van der Waals surface area contributed by atoms with Crippen molar-refractivity contribution in [3.05, 3.63) is 63.0 Å². The van der Waals surface area contributed by atoms with Gasteiger partial charge in [-0.15, -0.1) is 11.3 Å². The first-order chi connectivity index (χ1) is 11.1. The predicted octanol–water partition coefficient (Wildman–Crippen LogP) is 2.65. The molecule has 114 valence electrons. The van der Waals surface area contributed by atoms with Crippen molar-refractivity contribution in [2.45, 2.75) is 6.54 Å². The molecule has 0 radical (unpaired) electrons. The summed E-state index contributed by atoms with van der Waals surface area (Å²) in [6.07, 6.45) is 1.50. The second kappa shape index (κ2) is 6.65. The predicted molar refractivity (Wildman–Crippen MR) is 92.3 cm³/mol. The lowest BCUT2D eigenvalue weighted by Gasteiger charge is -2.02. The van der Waals surface area contributed by atoms with Gasteiger partial charge < -0.3 is 5.73 Å². The fourth-order valence-corrected chi connectivity index (χ4v) is 2.73. The lowest BCUT2D eigenvalue weighted by atomic mass is 10.2. The lowest BCUT2D eigenvalue weighted by Crippen LogP contribution is -2.21. The minimum absolute atomic E-state index is 0.167. The quantitative estimate of drug-likeness (QED) is 0.574.